The fourth-order valence-corrected chi connectivity index (χ4v) is 1.72. The highest BCUT2D eigenvalue weighted by Crippen LogP contribution is 2.18. The monoisotopic (exact) mass is 223 g/mol. The Morgan fingerprint density at radius 3 is 2.94 bits per heavy atom. The molecule has 1 aliphatic heterocycles. The fraction of sp³-hybridized carbons (Fsp3) is 0.636. The van der Waals surface area contributed by atoms with E-state index in [0.717, 1.165) is 24.3 Å². The number of nitrogens with one attached hydrogen (secondary N) is 2. The van der Waals surface area contributed by atoms with E-state index in [1.54, 1.807) is 0 Å². The molecule has 2 N–H and O–H groups in total. The predicted octanol–water partition coefficient (Wildman–Crippen LogP) is 0.849. The Morgan fingerprint density at radius 2 is 2.25 bits per heavy atom. The number of carbonyl (C=O) groups is 1. The zero-order valence-corrected chi connectivity index (χ0v) is 9.89. The van der Waals surface area contributed by atoms with Crippen LogP contribution in [0.2, 0.25) is 0 Å². The van der Waals surface area contributed by atoms with Crippen LogP contribution in [0.25, 0.3) is 0 Å². The minimum Gasteiger partial charge on any atom is -0.360 e. The van der Waals surface area contributed by atoms with Gasteiger partial charge in [0.15, 0.2) is 5.69 Å². The van der Waals surface area contributed by atoms with E-state index in [-0.39, 0.29) is 11.4 Å². The van der Waals surface area contributed by atoms with Crippen molar-refractivity contribution in [2.24, 2.45) is 0 Å². The zero-order valence-electron chi connectivity index (χ0n) is 9.89. The van der Waals surface area contributed by atoms with Crippen molar-refractivity contribution in [3.63, 3.8) is 0 Å². The minimum absolute atomic E-state index is 0.166. The molecule has 0 saturated heterocycles. The Morgan fingerprint density at radius 1 is 1.50 bits per heavy atom. The summed E-state index contributed by atoms with van der Waals surface area (Å²) in [5.74, 6) is 0.666. The Labute approximate surface area is 94.6 Å². The molecule has 5 heteroatoms. The van der Waals surface area contributed by atoms with E-state index in [4.69, 9.17) is 4.52 Å². The molecule has 5 nitrogen and oxygen atoms in total. The Kier molecular flexibility index (Phi) is 2.71. The Bertz CT molecular complexity index is 404. The molecule has 0 radical (unpaired) electrons. The van der Waals surface area contributed by atoms with E-state index >= 15 is 0 Å². The van der Waals surface area contributed by atoms with Gasteiger partial charge in [-0.2, -0.15) is 0 Å². The normalized spacial score (nSPS) is 15.7. The molecule has 88 valence electrons. The lowest BCUT2D eigenvalue weighted by Crippen LogP contribution is -2.41. The van der Waals surface area contributed by atoms with Crippen LogP contribution in [-0.2, 0) is 13.0 Å². The lowest BCUT2D eigenvalue weighted by molar-refractivity contribution is 0.0909. The van der Waals surface area contributed by atoms with Gasteiger partial charge in [-0.1, -0.05) is 5.16 Å². The molecule has 0 fully saturated rings. The summed E-state index contributed by atoms with van der Waals surface area (Å²) in [7, 11) is 0. The lowest BCUT2D eigenvalue weighted by Gasteiger charge is -2.20. The third-order valence-electron chi connectivity index (χ3n) is 2.40. The number of amides is 1. The van der Waals surface area contributed by atoms with Gasteiger partial charge in [0.1, 0.15) is 5.76 Å². The van der Waals surface area contributed by atoms with Crippen molar-refractivity contribution >= 4 is 5.91 Å². The van der Waals surface area contributed by atoms with E-state index in [1.165, 1.54) is 0 Å². The molecule has 1 aromatic heterocycles. The number of hydrogen-bond donors (Lipinski definition) is 2. The van der Waals surface area contributed by atoms with Crippen molar-refractivity contribution in [3.05, 3.63) is 17.0 Å². The molecule has 16 heavy (non-hydrogen) atoms. The molecular weight excluding hydrogens is 206 g/mol. The van der Waals surface area contributed by atoms with E-state index in [2.05, 4.69) is 15.8 Å². The average molecular weight is 223 g/mol. The second-order valence-corrected chi connectivity index (χ2v) is 5.06. The van der Waals surface area contributed by atoms with Crippen LogP contribution in [0.3, 0.4) is 0 Å². The number of fused-ring (bicyclic) bond motifs is 1. The van der Waals surface area contributed by atoms with Gasteiger partial charge in [0.2, 0.25) is 0 Å². The van der Waals surface area contributed by atoms with Gasteiger partial charge in [-0.25, -0.2) is 0 Å². The van der Waals surface area contributed by atoms with Gasteiger partial charge in [-0.15, -0.1) is 0 Å². The van der Waals surface area contributed by atoms with Crippen LogP contribution in [0.4, 0.5) is 0 Å². The van der Waals surface area contributed by atoms with Gasteiger partial charge in [0.25, 0.3) is 5.91 Å². The largest absolute Gasteiger partial charge is 0.360 e. The molecule has 1 aromatic rings. The maximum Gasteiger partial charge on any atom is 0.274 e. The second kappa shape index (κ2) is 3.90. The van der Waals surface area contributed by atoms with E-state index in [1.807, 2.05) is 20.8 Å². The van der Waals surface area contributed by atoms with E-state index in [9.17, 15) is 4.79 Å². The first-order valence-corrected chi connectivity index (χ1v) is 5.48. The summed E-state index contributed by atoms with van der Waals surface area (Å²) >= 11 is 0. The molecular formula is C11H17N3O2. The quantitative estimate of drug-likeness (QED) is 0.740. The Hall–Kier alpha value is -1.36. The minimum atomic E-state index is -0.259. The first-order valence-electron chi connectivity index (χ1n) is 5.48. The molecule has 2 heterocycles. The summed E-state index contributed by atoms with van der Waals surface area (Å²) in [5.41, 5.74) is 1.05. The zero-order chi connectivity index (χ0) is 11.8. The average Bonchev–Trinajstić information content (AvgIpc) is 2.58. The highest BCUT2D eigenvalue weighted by atomic mass is 16.5. The molecule has 0 aromatic carbocycles. The third-order valence-corrected chi connectivity index (χ3v) is 2.40. The smallest absolute Gasteiger partial charge is 0.274 e. The first-order chi connectivity index (χ1) is 7.47. The summed E-state index contributed by atoms with van der Waals surface area (Å²) in [5, 5.41) is 9.94. The highest BCUT2D eigenvalue weighted by Gasteiger charge is 2.25. The molecule has 0 saturated carbocycles. The summed E-state index contributed by atoms with van der Waals surface area (Å²) in [6.45, 7) is 7.36. The molecule has 0 unspecified atom stereocenters. The number of aromatic nitrogens is 1. The summed E-state index contributed by atoms with van der Waals surface area (Å²) in [6.07, 6.45) is 0.797. The molecule has 1 amide bonds. The maximum absolute atomic E-state index is 11.9. The van der Waals surface area contributed by atoms with Crippen LogP contribution >= 0.6 is 0 Å². The number of rotatable bonds is 1. The van der Waals surface area contributed by atoms with Gasteiger partial charge >= 0.3 is 0 Å². The van der Waals surface area contributed by atoms with Gasteiger partial charge in [0.05, 0.1) is 0 Å². The van der Waals surface area contributed by atoms with E-state index in [0.29, 0.717) is 12.2 Å². The van der Waals surface area contributed by atoms with Crippen LogP contribution in [0.15, 0.2) is 4.52 Å². The summed E-state index contributed by atoms with van der Waals surface area (Å²) in [6, 6.07) is 0. The van der Waals surface area contributed by atoms with Crippen molar-refractivity contribution in [3.8, 4) is 0 Å². The van der Waals surface area contributed by atoms with Crippen molar-refractivity contribution in [1.82, 2.24) is 15.8 Å². The highest BCUT2D eigenvalue weighted by molar-refractivity contribution is 5.94. The summed E-state index contributed by atoms with van der Waals surface area (Å²) in [4.78, 5) is 11.9. The third kappa shape index (κ3) is 2.24. The lowest BCUT2D eigenvalue weighted by atomic mass is 10.1. The van der Waals surface area contributed by atoms with Crippen LogP contribution in [0.1, 0.15) is 42.6 Å². The van der Waals surface area contributed by atoms with Gasteiger partial charge in [-0.3, -0.25) is 4.79 Å². The van der Waals surface area contributed by atoms with Crippen molar-refractivity contribution in [1.29, 1.82) is 0 Å². The number of nitrogens with zero attached hydrogens (tertiary/aromatic N) is 1. The molecule has 1 aliphatic rings. The first kappa shape index (κ1) is 11.1. The molecule has 0 aliphatic carbocycles. The fourth-order valence-electron chi connectivity index (χ4n) is 1.72. The topological polar surface area (TPSA) is 67.2 Å². The number of hydrogen-bond acceptors (Lipinski definition) is 4. The van der Waals surface area contributed by atoms with E-state index < -0.39 is 0 Å². The van der Waals surface area contributed by atoms with Crippen LogP contribution in [-0.4, -0.2) is 23.1 Å². The Balaban J connectivity index is 2.21. The summed E-state index contributed by atoms with van der Waals surface area (Å²) < 4.78 is 5.17. The molecule has 2 rings (SSSR count). The maximum atomic E-state index is 11.9. The standard InChI is InChI=1S/C11H17N3O2/c1-11(2,3)13-10(15)9-7-6-12-5-4-8(7)16-14-9/h12H,4-6H2,1-3H3,(H,13,15). The van der Waals surface area contributed by atoms with Crippen molar-refractivity contribution in [2.75, 3.05) is 6.54 Å². The number of carbonyl (C=O) groups excluding carboxylic acids is 1. The van der Waals surface area contributed by atoms with Crippen molar-refractivity contribution < 1.29 is 9.32 Å². The predicted molar refractivity (Wildman–Crippen MR) is 59.1 cm³/mol. The van der Waals surface area contributed by atoms with Crippen LogP contribution in [0.5, 0.6) is 0 Å². The van der Waals surface area contributed by atoms with Crippen LogP contribution < -0.4 is 10.6 Å². The second-order valence-electron chi connectivity index (χ2n) is 5.06. The van der Waals surface area contributed by atoms with Crippen molar-refractivity contribution in [2.45, 2.75) is 39.3 Å². The molecule has 0 spiro atoms. The molecule has 0 bridgehead atoms. The SMILES string of the molecule is CC(C)(C)NC(=O)c1noc2c1CNCC2. The molecule has 0 atom stereocenters. The van der Waals surface area contributed by atoms with Gasteiger partial charge in [-0.05, 0) is 20.8 Å². The van der Waals surface area contributed by atoms with Crippen LogP contribution in [0, 0.1) is 0 Å². The van der Waals surface area contributed by atoms with Gasteiger partial charge < -0.3 is 15.2 Å². The van der Waals surface area contributed by atoms with Gasteiger partial charge in [0, 0.05) is 30.6 Å².